The monoisotopic (exact) mass is 486 g/mol. The van der Waals surface area contributed by atoms with Crippen LogP contribution < -0.4 is 10.1 Å². The number of rotatable bonds is 5. The molecule has 4 aliphatic carbocycles. The van der Waals surface area contributed by atoms with Gasteiger partial charge in [-0.1, -0.05) is 40.2 Å². The first-order valence-electron chi connectivity index (χ1n) is 10.9. The Bertz CT molecular complexity index is 1030. The molecule has 2 aliphatic heterocycles. The molecule has 1 saturated heterocycles. The van der Waals surface area contributed by atoms with Gasteiger partial charge in [-0.15, -0.1) is 6.58 Å². The van der Waals surface area contributed by atoms with Crippen molar-refractivity contribution in [2.75, 3.05) is 25.5 Å². The summed E-state index contributed by atoms with van der Waals surface area (Å²) in [5, 5.41) is 14.2. The largest absolute Gasteiger partial charge is 0.504 e. The molecule has 4 bridgehead atoms. The number of nitrogens with one attached hydrogen (secondary N) is 1. The Balaban J connectivity index is 1.62. The third-order valence-electron chi connectivity index (χ3n) is 8.74. The molecule has 164 valence electrons. The lowest BCUT2D eigenvalue weighted by atomic mass is 9.38. The van der Waals surface area contributed by atoms with Crippen molar-refractivity contribution in [3.8, 4) is 11.5 Å². The highest BCUT2D eigenvalue weighted by atomic mass is 79.9. The van der Waals surface area contributed by atoms with Crippen LogP contribution in [0.15, 0.2) is 36.9 Å². The molecule has 1 unspecified atom stereocenters. The molecule has 31 heavy (non-hydrogen) atoms. The zero-order valence-electron chi connectivity index (χ0n) is 17.6. The van der Waals surface area contributed by atoms with Gasteiger partial charge >= 0.3 is 0 Å². The number of halogens is 1. The molecule has 2 fully saturated rings. The van der Waals surface area contributed by atoms with E-state index in [9.17, 15) is 9.90 Å². The molecule has 6 nitrogen and oxygen atoms in total. The van der Waals surface area contributed by atoms with Crippen molar-refractivity contribution in [3.63, 3.8) is 0 Å². The van der Waals surface area contributed by atoms with Crippen LogP contribution in [0.4, 0.5) is 0 Å². The van der Waals surface area contributed by atoms with E-state index in [0.29, 0.717) is 5.75 Å². The molecular weight excluding hydrogens is 460 g/mol. The van der Waals surface area contributed by atoms with Crippen molar-refractivity contribution in [2.24, 2.45) is 5.41 Å². The predicted octanol–water partition coefficient (Wildman–Crippen LogP) is 2.43. The number of fused-ring (bicyclic) bond motifs is 1. The number of amides is 1. The Kier molecular flexibility index (Phi) is 4.07. The lowest BCUT2D eigenvalue weighted by molar-refractivity contribution is -0.202. The minimum Gasteiger partial charge on any atom is -0.504 e. The van der Waals surface area contributed by atoms with E-state index < -0.39 is 5.60 Å². The number of carbonyl (C=O) groups excluding carboxylic acids is 1. The first-order chi connectivity index (χ1) is 15.0. The van der Waals surface area contributed by atoms with Crippen molar-refractivity contribution < 1.29 is 19.4 Å². The van der Waals surface area contributed by atoms with E-state index in [1.807, 2.05) is 6.08 Å². The number of benzene rings is 1. The molecule has 0 aromatic heterocycles. The quantitative estimate of drug-likeness (QED) is 0.494. The summed E-state index contributed by atoms with van der Waals surface area (Å²) < 4.78 is 12.9. The Morgan fingerprint density at radius 2 is 2.32 bits per heavy atom. The van der Waals surface area contributed by atoms with Gasteiger partial charge in [0.25, 0.3) is 0 Å². The summed E-state index contributed by atoms with van der Waals surface area (Å²) in [5.41, 5.74) is 1.15. The van der Waals surface area contributed by atoms with Gasteiger partial charge < -0.3 is 19.9 Å². The summed E-state index contributed by atoms with van der Waals surface area (Å²) >= 11 is 3.29. The van der Waals surface area contributed by atoms with Gasteiger partial charge in [0.2, 0.25) is 5.91 Å². The van der Waals surface area contributed by atoms with Crippen LogP contribution in [-0.4, -0.2) is 65.2 Å². The molecule has 1 amide bonds. The lowest BCUT2D eigenvalue weighted by Crippen LogP contribution is -2.82. The van der Waals surface area contributed by atoms with Crippen LogP contribution in [0.3, 0.4) is 0 Å². The summed E-state index contributed by atoms with van der Waals surface area (Å²) in [5.74, 6) is 0.743. The molecule has 7 rings (SSSR count). The molecule has 6 aliphatic rings. The number of alkyl halides is 1. The van der Waals surface area contributed by atoms with E-state index in [4.69, 9.17) is 9.47 Å². The average molecular weight is 487 g/mol. The summed E-state index contributed by atoms with van der Waals surface area (Å²) in [4.78, 5) is 15.0. The predicted molar refractivity (Wildman–Crippen MR) is 120 cm³/mol. The van der Waals surface area contributed by atoms with E-state index in [1.54, 1.807) is 13.2 Å². The Labute approximate surface area is 190 Å². The number of likely N-dealkylation sites (tertiary alicyclic amines) is 1. The van der Waals surface area contributed by atoms with E-state index in [-0.39, 0.29) is 46.0 Å². The molecule has 2 N–H and O–H groups in total. The fourth-order valence-electron chi connectivity index (χ4n) is 7.71. The first kappa shape index (κ1) is 19.8. The molecule has 2 spiro atoms. The molecule has 6 atom stereocenters. The fourth-order valence-corrected chi connectivity index (χ4v) is 7.87. The van der Waals surface area contributed by atoms with E-state index >= 15 is 0 Å². The highest BCUT2D eigenvalue weighted by molar-refractivity contribution is 9.09. The summed E-state index contributed by atoms with van der Waals surface area (Å²) in [7, 11) is 1.70. The molecule has 7 heteroatoms. The van der Waals surface area contributed by atoms with Crippen molar-refractivity contribution in [2.45, 2.75) is 48.5 Å². The summed E-state index contributed by atoms with van der Waals surface area (Å²) in [6, 6.07) is 3.87. The highest BCUT2D eigenvalue weighted by Crippen LogP contribution is 2.73. The van der Waals surface area contributed by atoms with Crippen LogP contribution in [0, 0.1) is 5.41 Å². The number of hydrogen-bond acceptors (Lipinski definition) is 5. The van der Waals surface area contributed by atoms with Crippen LogP contribution in [0.5, 0.6) is 11.5 Å². The summed E-state index contributed by atoms with van der Waals surface area (Å²) in [6.45, 7) is 5.77. The van der Waals surface area contributed by atoms with Crippen LogP contribution in [0.1, 0.15) is 24.0 Å². The minimum absolute atomic E-state index is 0.0595. The normalized spacial score (nSPS) is 40.9. The number of methoxy groups -OCH3 is 1. The zero-order valence-corrected chi connectivity index (χ0v) is 19.2. The smallest absolute Gasteiger partial charge is 0.230 e. The number of piperidine rings is 1. The summed E-state index contributed by atoms with van der Waals surface area (Å²) in [6.07, 6.45) is 8.75. The third-order valence-corrected chi connectivity index (χ3v) is 9.25. The third kappa shape index (κ3) is 2.09. The molecule has 1 aromatic rings. The van der Waals surface area contributed by atoms with Gasteiger partial charge in [-0.25, -0.2) is 0 Å². The molecular formula is C24H27BrN2O4. The number of carbonyl (C=O) groups is 1. The fraction of sp³-hybridized carbons (Fsp3) is 0.542. The zero-order chi connectivity index (χ0) is 21.6. The van der Waals surface area contributed by atoms with Crippen molar-refractivity contribution in [1.82, 2.24) is 10.2 Å². The van der Waals surface area contributed by atoms with Gasteiger partial charge in [0.1, 0.15) is 11.7 Å². The Morgan fingerprint density at radius 3 is 3.06 bits per heavy atom. The number of aromatic hydroxyl groups is 1. The highest BCUT2D eigenvalue weighted by Gasteiger charge is 2.79. The molecule has 2 heterocycles. The van der Waals surface area contributed by atoms with Crippen molar-refractivity contribution in [3.05, 3.63) is 48.1 Å². The minimum atomic E-state index is -0.787. The second-order valence-corrected chi connectivity index (χ2v) is 10.1. The van der Waals surface area contributed by atoms with Crippen LogP contribution in [0.25, 0.3) is 0 Å². The van der Waals surface area contributed by atoms with E-state index in [2.05, 4.69) is 50.9 Å². The lowest BCUT2D eigenvalue weighted by Gasteiger charge is -2.71. The molecule has 1 aromatic carbocycles. The Hall–Kier alpha value is -1.83. The maximum Gasteiger partial charge on any atom is 0.230 e. The number of phenolic OH excluding ortho intramolecular Hbond substituents is 1. The standard InChI is InChI=1S/C24H27BrN2O4/c1-3-9-27-10-8-23-19-14-4-5-15(28)20(19)31-21(23)24(30-2)7-6-22(23,17(27)11-14)12-16(24)26-18(29)13-25/h3-7,16-17,21,28H,1,8-13H2,2H3,(H,26,29)/t16-,17+,21+,22+,23-,24?/m0/s1. The van der Waals surface area contributed by atoms with Crippen LogP contribution >= 0.6 is 15.9 Å². The van der Waals surface area contributed by atoms with Gasteiger partial charge in [0, 0.05) is 30.7 Å². The van der Waals surface area contributed by atoms with Crippen LogP contribution in [0.2, 0.25) is 0 Å². The topological polar surface area (TPSA) is 71.0 Å². The maximum atomic E-state index is 12.5. The number of nitrogens with zero attached hydrogens (tertiary/aromatic N) is 1. The van der Waals surface area contributed by atoms with Crippen LogP contribution in [-0.2, 0) is 21.4 Å². The number of phenols is 1. The average Bonchev–Trinajstić information content (AvgIpc) is 3.14. The number of ether oxygens (including phenoxy) is 2. The van der Waals surface area contributed by atoms with E-state index in [0.717, 1.165) is 32.4 Å². The molecule has 1 saturated carbocycles. The SMILES string of the molecule is C=CCN1CC[C@]23c4c5ccc(O)c4O[C@H]2C2(OC)C=C[C@@]3(C[C@@H]2NC(=O)CBr)[C@H]1C5. The van der Waals surface area contributed by atoms with Crippen molar-refractivity contribution in [1.29, 1.82) is 0 Å². The second-order valence-electron chi connectivity index (χ2n) is 9.56. The number of hydrogen-bond donors (Lipinski definition) is 2. The first-order valence-corrected chi connectivity index (χ1v) is 12.1. The van der Waals surface area contributed by atoms with Gasteiger partial charge in [-0.3, -0.25) is 9.69 Å². The maximum absolute atomic E-state index is 12.5. The molecule has 0 radical (unpaired) electrons. The van der Waals surface area contributed by atoms with Crippen molar-refractivity contribution >= 4 is 21.8 Å². The Morgan fingerprint density at radius 1 is 1.48 bits per heavy atom. The second kappa shape index (κ2) is 6.36. The van der Waals surface area contributed by atoms with Gasteiger partial charge in [-0.05, 0) is 37.4 Å². The van der Waals surface area contributed by atoms with Gasteiger partial charge in [-0.2, -0.15) is 0 Å². The van der Waals surface area contributed by atoms with Gasteiger partial charge in [0.05, 0.1) is 16.8 Å². The van der Waals surface area contributed by atoms with Gasteiger partial charge in [0.15, 0.2) is 11.5 Å². The van der Waals surface area contributed by atoms with E-state index in [1.165, 1.54) is 11.1 Å².